The van der Waals surface area contributed by atoms with Crippen molar-refractivity contribution >= 4 is 11.9 Å². The van der Waals surface area contributed by atoms with Gasteiger partial charge in [-0.25, -0.2) is 0 Å². The van der Waals surface area contributed by atoms with Crippen LogP contribution >= 0.6 is 0 Å². The highest BCUT2D eigenvalue weighted by molar-refractivity contribution is 5.98. The fourth-order valence-corrected chi connectivity index (χ4v) is 2.47. The Morgan fingerprint density at radius 1 is 0.905 bits per heavy atom. The molecule has 0 heterocycles. The van der Waals surface area contributed by atoms with Crippen molar-refractivity contribution in [3.05, 3.63) is 33.4 Å². The van der Waals surface area contributed by atoms with Crippen LogP contribution in [0.5, 0.6) is 0 Å². The van der Waals surface area contributed by atoms with Crippen LogP contribution in [0.4, 0.5) is 0 Å². The van der Waals surface area contributed by atoms with Gasteiger partial charge in [-0.3, -0.25) is 9.59 Å². The van der Waals surface area contributed by atoms with Gasteiger partial charge in [0.25, 0.3) is 5.91 Å². The van der Waals surface area contributed by atoms with E-state index in [1.807, 2.05) is 27.7 Å². The van der Waals surface area contributed by atoms with Crippen molar-refractivity contribution in [1.29, 1.82) is 0 Å². The lowest BCUT2D eigenvalue weighted by Crippen LogP contribution is -2.31. The molecule has 116 valence electrons. The van der Waals surface area contributed by atoms with Crippen molar-refractivity contribution in [2.24, 2.45) is 0 Å². The first kappa shape index (κ1) is 17.2. The highest BCUT2D eigenvalue weighted by atomic mass is 16.5. The normalized spacial score (nSPS) is 10.4. The first-order valence-corrected chi connectivity index (χ1v) is 7.11. The molecule has 4 heteroatoms. The molecule has 0 aliphatic rings. The van der Waals surface area contributed by atoms with E-state index in [1.54, 1.807) is 11.9 Å². The van der Waals surface area contributed by atoms with E-state index in [0.717, 1.165) is 27.8 Å². The fraction of sp³-hybridized carbons (Fsp3) is 0.529. The van der Waals surface area contributed by atoms with Gasteiger partial charge in [-0.05, 0) is 62.4 Å². The lowest BCUT2D eigenvalue weighted by Gasteiger charge is -2.22. The Morgan fingerprint density at radius 2 is 1.33 bits per heavy atom. The average Bonchev–Trinajstić information content (AvgIpc) is 2.48. The molecule has 1 aromatic rings. The Bertz CT molecular complexity index is 547. The predicted octanol–water partition coefficient (Wildman–Crippen LogP) is 2.86. The Hall–Kier alpha value is -1.84. The van der Waals surface area contributed by atoms with E-state index in [4.69, 9.17) is 0 Å². The fourth-order valence-electron chi connectivity index (χ4n) is 2.47. The van der Waals surface area contributed by atoms with Crippen LogP contribution in [0.15, 0.2) is 0 Å². The minimum Gasteiger partial charge on any atom is -0.469 e. The van der Waals surface area contributed by atoms with Crippen LogP contribution in [-0.2, 0) is 9.53 Å². The average molecular weight is 291 g/mol. The minimum atomic E-state index is -0.306. The summed E-state index contributed by atoms with van der Waals surface area (Å²) in [5, 5.41) is 0. The zero-order valence-electron chi connectivity index (χ0n) is 14.1. The van der Waals surface area contributed by atoms with Gasteiger partial charge in [0.1, 0.15) is 0 Å². The summed E-state index contributed by atoms with van der Waals surface area (Å²) in [6.45, 7) is 10.5. The molecule has 0 atom stereocenters. The molecule has 0 radical (unpaired) electrons. The topological polar surface area (TPSA) is 46.6 Å². The highest BCUT2D eigenvalue weighted by Gasteiger charge is 2.21. The molecule has 0 aromatic heterocycles. The summed E-state index contributed by atoms with van der Waals surface area (Å²) in [5.74, 6) is -0.348. The number of methoxy groups -OCH3 is 1. The third kappa shape index (κ3) is 3.43. The second kappa shape index (κ2) is 6.74. The number of carbonyl (C=O) groups is 2. The molecule has 0 N–H and O–H groups in total. The van der Waals surface area contributed by atoms with E-state index in [-0.39, 0.29) is 18.3 Å². The number of esters is 1. The summed E-state index contributed by atoms with van der Waals surface area (Å²) >= 11 is 0. The monoisotopic (exact) mass is 291 g/mol. The Kier molecular flexibility index (Phi) is 5.53. The molecule has 0 fully saturated rings. The number of ether oxygens (including phenoxy) is 1. The molecule has 1 rings (SSSR count). The van der Waals surface area contributed by atoms with Crippen molar-refractivity contribution in [1.82, 2.24) is 4.90 Å². The number of hydrogen-bond donors (Lipinski definition) is 0. The molecule has 0 saturated heterocycles. The van der Waals surface area contributed by atoms with E-state index < -0.39 is 0 Å². The molecular formula is C17H25NO3. The van der Waals surface area contributed by atoms with E-state index in [1.165, 1.54) is 12.7 Å². The van der Waals surface area contributed by atoms with E-state index in [0.29, 0.717) is 6.54 Å². The molecule has 0 aliphatic heterocycles. The third-order valence-electron chi connectivity index (χ3n) is 4.44. The molecule has 0 aliphatic carbocycles. The van der Waals surface area contributed by atoms with Crippen molar-refractivity contribution in [3.63, 3.8) is 0 Å². The molecule has 1 amide bonds. The van der Waals surface area contributed by atoms with Crippen LogP contribution < -0.4 is 0 Å². The Balaban J connectivity index is 3.11. The zero-order chi connectivity index (χ0) is 16.3. The maximum atomic E-state index is 12.7. The van der Waals surface area contributed by atoms with Gasteiger partial charge in [0.2, 0.25) is 0 Å². The SMILES string of the molecule is COC(=O)CCN(C)C(=O)c1c(C)c(C)c(C)c(C)c1C. The van der Waals surface area contributed by atoms with Crippen molar-refractivity contribution < 1.29 is 14.3 Å². The molecule has 0 bridgehead atoms. The number of benzene rings is 1. The van der Waals surface area contributed by atoms with Gasteiger partial charge in [0, 0.05) is 19.2 Å². The standard InChI is InChI=1S/C17H25NO3/c1-10-11(2)13(4)16(14(5)12(10)3)17(20)18(6)9-8-15(19)21-7/h8-9H2,1-7H3. The van der Waals surface area contributed by atoms with Gasteiger partial charge in [-0.15, -0.1) is 0 Å². The van der Waals surface area contributed by atoms with Crippen molar-refractivity contribution in [2.45, 2.75) is 41.0 Å². The molecule has 0 saturated carbocycles. The first-order valence-electron chi connectivity index (χ1n) is 7.11. The summed E-state index contributed by atoms with van der Waals surface area (Å²) in [4.78, 5) is 25.5. The van der Waals surface area contributed by atoms with Gasteiger partial charge in [-0.1, -0.05) is 0 Å². The maximum absolute atomic E-state index is 12.7. The highest BCUT2D eigenvalue weighted by Crippen LogP contribution is 2.26. The quantitative estimate of drug-likeness (QED) is 0.801. The molecule has 1 aromatic carbocycles. The van der Waals surface area contributed by atoms with Crippen LogP contribution in [0, 0.1) is 34.6 Å². The zero-order valence-corrected chi connectivity index (χ0v) is 14.1. The van der Waals surface area contributed by atoms with Gasteiger partial charge < -0.3 is 9.64 Å². The van der Waals surface area contributed by atoms with Gasteiger partial charge >= 0.3 is 5.97 Å². The molecular weight excluding hydrogens is 266 g/mol. The third-order valence-corrected chi connectivity index (χ3v) is 4.44. The summed E-state index contributed by atoms with van der Waals surface area (Å²) < 4.78 is 4.61. The van der Waals surface area contributed by atoms with Crippen LogP contribution in [0.3, 0.4) is 0 Å². The largest absolute Gasteiger partial charge is 0.469 e. The number of carbonyl (C=O) groups excluding carboxylic acids is 2. The summed E-state index contributed by atoms with van der Waals surface area (Å²) in [6.07, 6.45) is 0.209. The lowest BCUT2D eigenvalue weighted by molar-refractivity contribution is -0.140. The minimum absolute atomic E-state index is 0.0416. The summed E-state index contributed by atoms with van der Waals surface area (Å²) in [7, 11) is 3.07. The number of rotatable bonds is 4. The lowest BCUT2D eigenvalue weighted by atomic mass is 9.89. The number of hydrogen-bond acceptors (Lipinski definition) is 3. The maximum Gasteiger partial charge on any atom is 0.307 e. The van der Waals surface area contributed by atoms with Crippen LogP contribution in [0.2, 0.25) is 0 Å². The second-order valence-electron chi connectivity index (χ2n) is 5.55. The van der Waals surface area contributed by atoms with Gasteiger partial charge in [0.15, 0.2) is 0 Å². The van der Waals surface area contributed by atoms with Crippen molar-refractivity contribution in [2.75, 3.05) is 20.7 Å². The summed E-state index contributed by atoms with van der Waals surface area (Å²) in [5.41, 5.74) is 6.34. The Morgan fingerprint density at radius 3 is 1.76 bits per heavy atom. The van der Waals surface area contributed by atoms with E-state index in [9.17, 15) is 9.59 Å². The van der Waals surface area contributed by atoms with Gasteiger partial charge in [0.05, 0.1) is 13.5 Å². The summed E-state index contributed by atoms with van der Waals surface area (Å²) in [6, 6.07) is 0. The molecule has 0 unspecified atom stereocenters. The molecule has 21 heavy (non-hydrogen) atoms. The van der Waals surface area contributed by atoms with Gasteiger partial charge in [-0.2, -0.15) is 0 Å². The Labute approximate surface area is 127 Å². The second-order valence-corrected chi connectivity index (χ2v) is 5.55. The molecule has 4 nitrogen and oxygen atoms in total. The van der Waals surface area contributed by atoms with Crippen LogP contribution in [0.1, 0.15) is 44.6 Å². The van der Waals surface area contributed by atoms with Crippen LogP contribution in [-0.4, -0.2) is 37.5 Å². The van der Waals surface area contributed by atoms with E-state index >= 15 is 0 Å². The number of amides is 1. The van der Waals surface area contributed by atoms with E-state index in [2.05, 4.69) is 11.7 Å². The first-order chi connectivity index (χ1) is 9.72. The molecule has 0 spiro atoms. The number of nitrogens with zero attached hydrogens (tertiary/aromatic N) is 1. The van der Waals surface area contributed by atoms with Crippen molar-refractivity contribution in [3.8, 4) is 0 Å². The smallest absolute Gasteiger partial charge is 0.307 e. The van der Waals surface area contributed by atoms with Crippen LogP contribution in [0.25, 0.3) is 0 Å². The predicted molar refractivity (Wildman–Crippen MR) is 83.7 cm³/mol.